The summed E-state index contributed by atoms with van der Waals surface area (Å²) >= 11 is 4.95. The minimum absolute atomic E-state index is 0.284. The second-order valence-electron chi connectivity index (χ2n) is 25.7. The highest BCUT2D eigenvalue weighted by Crippen LogP contribution is 2.43. The van der Waals surface area contributed by atoms with Gasteiger partial charge in [-0.2, -0.15) is 15.8 Å². The maximum Gasteiger partial charge on any atom is 0.160 e. The average molecular weight is 1350 g/mol. The van der Waals surface area contributed by atoms with Crippen molar-refractivity contribution in [3.8, 4) is 41.2 Å². The van der Waals surface area contributed by atoms with Crippen LogP contribution in [0.4, 0.5) is 17.5 Å². The van der Waals surface area contributed by atoms with Gasteiger partial charge in [0.25, 0.3) is 0 Å². The van der Waals surface area contributed by atoms with Crippen molar-refractivity contribution in [2.75, 3.05) is 139 Å². The van der Waals surface area contributed by atoms with E-state index in [-0.39, 0.29) is 16.8 Å². The van der Waals surface area contributed by atoms with E-state index in [1.165, 1.54) is 5.56 Å². The highest BCUT2D eigenvalue weighted by molar-refractivity contribution is 7.99. The van der Waals surface area contributed by atoms with Gasteiger partial charge in [-0.3, -0.25) is 0 Å². The molecule has 0 amide bonds. The van der Waals surface area contributed by atoms with E-state index in [0.29, 0.717) is 89.0 Å². The number of morpholine rings is 3. The first-order valence-corrected chi connectivity index (χ1v) is 35.6. The summed E-state index contributed by atoms with van der Waals surface area (Å²) in [5.41, 5.74) is 11.2. The van der Waals surface area contributed by atoms with Gasteiger partial charge in [0.2, 0.25) is 0 Å². The van der Waals surface area contributed by atoms with Crippen molar-refractivity contribution in [3.05, 3.63) is 133 Å². The third kappa shape index (κ3) is 17.8. The van der Waals surface area contributed by atoms with E-state index in [4.69, 9.17) is 62.3 Å². The van der Waals surface area contributed by atoms with Crippen molar-refractivity contribution in [2.45, 2.75) is 132 Å². The Morgan fingerprint density at radius 2 is 0.800 bits per heavy atom. The fourth-order valence-electron chi connectivity index (χ4n) is 12.5. The van der Waals surface area contributed by atoms with E-state index in [9.17, 15) is 15.8 Å². The fourth-order valence-corrected chi connectivity index (χ4v) is 15.4. The molecule has 3 saturated heterocycles. The second kappa shape index (κ2) is 32.8. The third-order valence-electron chi connectivity index (χ3n) is 17.6. The molecule has 3 aromatic heterocycles. The smallest absolute Gasteiger partial charge is 0.160 e. The zero-order chi connectivity index (χ0) is 67.1. The van der Waals surface area contributed by atoms with Gasteiger partial charge in [0.05, 0.1) is 121 Å². The molecule has 0 unspecified atom stereocenters. The van der Waals surface area contributed by atoms with Crippen molar-refractivity contribution < 1.29 is 47.4 Å². The maximum absolute atomic E-state index is 10.1. The van der Waals surface area contributed by atoms with Gasteiger partial charge < -0.3 is 62.1 Å². The lowest BCUT2D eigenvalue weighted by atomic mass is 9.89. The van der Waals surface area contributed by atoms with Crippen molar-refractivity contribution in [2.24, 2.45) is 0 Å². The van der Waals surface area contributed by atoms with Gasteiger partial charge in [-0.25, -0.2) is 15.0 Å². The SMILES string of the molecule is COc1ccc(CCSc2nc(N3CCOCC3)c3c(c2C#N)CC(C)(C)OC3)cc1.COc1ccc(CCSc2nc(N3CCOCC3)c3c(c2C#N)CC(C)(C)OC3)cc1OC.COc1ccccc1CCSc1nc(N2CCOCC2)c2c(c1C#N)CC(C)(C)OC2. The van der Waals surface area contributed by atoms with Gasteiger partial charge in [0.15, 0.2) is 11.5 Å². The molecule has 6 aromatic rings. The first-order valence-electron chi connectivity index (χ1n) is 32.6. The van der Waals surface area contributed by atoms with Gasteiger partial charge in [-0.15, -0.1) is 35.3 Å². The monoisotopic (exact) mass is 1350 g/mol. The van der Waals surface area contributed by atoms with Gasteiger partial charge in [-0.05, 0) is 125 Å². The summed E-state index contributed by atoms with van der Waals surface area (Å²) in [6.45, 7) is 22.9. The Morgan fingerprint density at radius 3 is 1.18 bits per heavy atom. The van der Waals surface area contributed by atoms with Crippen LogP contribution >= 0.6 is 35.3 Å². The molecule has 3 fully saturated rings. The van der Waals surface area contributed by atoms with E-state index < -0.39 is 0 Å². The molecule has 6 aliphatic rings. The zero-order valence-electron chi connectivity index (χ0n) is 56.7. The van der Waals surface area contributed by atoms with Gasteiger partial charge in [-0.1, -0.05) is 36.4 Å². The first-order chi connectivity index (χ1) is 46.0. The molecule has 0 atom stereocenters. The number of nitriles is 3. The van der Waals surface area contributed by atoms with Gasteiger partial charge in [0, 0.05) is 92.5 Å². The van der Waals surface area contributed by atoms with Crippen LogP contribution in [0, 0.1) is 34.0 Å². The van der Waals surface area contributed by atoms with Crippen LogP contribution in [-0.4, -0.2) is 156 Å². The van der Waals surface area contributed by atoms with E-state index in [2.05, 4.69) is 92.6 Å². The Kier molecular flexibility index (Phi) is 24.5. The number of fused-ring (bicyclic) bond motifs is 3. The van der Waals surface area contributed by atoms with E-state index in [0.717, 1.165) is 182 Å². The van der Waals surface area contributed by atoms with Gasteiger partial charge in [0.1, 0.15) is 62.2 Å². The average Bonchev–Trinajstić information content (AvgIpc) is 0.808. The molecule has 3 aromatic carbocycles. The molecule has 22 heteroatoms. The normalized spacial score (nSPS) is 17.5. The third-order valence-corrected chi connectivity index (χ3v) is 20.6. The quantitative estimate of drug-likeness (QED) is 0.0690. The lowest BCUT2D eigenvalue weighted by molar-refractivity contribution is -0.0405. The Bertz CT molecular complexity index is 3760. The molecule has 0 aliphatic carbocycles. The predicted octanol–water partition coefficient (Wildman–Crippen LogP) is 12.0. The summed E-state index contributed by atoms with van der Waals surface area (Å²) in [7, 11) is 6.65. The van der Waals surface area contributed by atoms with Crippen molar-refractivity contribution in [1.29, 1.82) is 15.8 Å². The number of aryl methyl sites for hydroxylation is 3. The summed E-state index contributed by atoms with van der Waals surface area (Å²) in [6, 6.07) is 29.6. The summed E-state index contributed by atoms with van der Waals surface area (Å²) in [6.07, 6.45) is 4.71. The molecule has 9 heterocycles. The number of pyridine rings is 3. The number of para-hydroxylation sites is 1. The highest BCUT2D eigenvalue weighted by atomic mass is 32.2. The van der Waals surface area contributed by atoms with Crippen LogP contribution in [0.1, 0.15) is 108 Å². The summed E-state index contributed by atoms with van der Waals surface area (Å²) in [4.78, 5) is 21.8. The number of benzene rings is 3. The fraction of sp³-hybridized carbons (Fsp3) is 0.507. The molecule has 6 aliphatic heterocycles. The number of rotatable bonds is 19. The molecule has 12 rings (SSSR count). The van der Waals surface area contributed by atoms with Crippen LogP contribution in [0.3, 0.4) is 0 Å². The standard InChI is InChI=1S/C25H31N3O4S.2C24H29N3O3S/c1-25(2)14-18-19(15-26)24(27-23(20(18)16-32-25)28-8-10-31-11-9-28)33-12-7-17-5-6-21(29-3)22(13-17)30-4;1-24(2)14-19-20(15-25)23(31-13-8-17-4-6-18(28-3)7-5-17)26-22(21(19)16-30-24)27-9-11-29-12-10-27;1-24(2)14-18-19(15-25)23(31-13-8-17-6-4-5-7-21(17)28-3)26-22(20(18)16-30-24)27-9-11-29-12-10-27/h5-6,13H,7-12,14,16H2,1-4H3;2*4-7H,8-14,16H2,1-3H3. The molecule has 95 heavy (non-hydrogen) atoms. The van der Waals surface area contributed by atoms with Crippen molar-refractivity contribution in [1.82, 2.24) is 15.0 Å². The number of nitrogens with zero attached hydrogens (tertiary/aromatic N) is 9. The minimum atomic E-state index is -0.302. The number of ether oxygens (including phenoxy) is 10. The molecular formula is C73H89N9O10S3. The Labute approximate surface area is 573 Å². The number of hydrogen-bond acceptors (Lipinski definition) is 22. The summed E-state index contributed by atoms with van der Waals surface area (Å²) in [5, 5.41) is 32.6. The number of hydrogen-bond donors (Lipinski definition) is 0. The largest absolute Gasteiger partial charge is 0.497 e. The molecule has 504 valence electrons. The van der Waals surface area contributed by atoms with Crippen LogP contribution in [0.15, 0.2) is 81.8 Å². The van der Waals surface area contributed by atoms with Gasteiger partial charge >= 0.3 is 0 Å². The Morgan fingerprint density at radius 1 is 0.432 bits per heavy atom. The summed E-state index contributed by atoms with van der Waals surface area (Å²) < 4.78 is 56.4. The van der Waals surface area contributed by atoms with Crippen molar-refractivity contribution in [3.63, 3.8) is 0 Å². The lowest BCUT2D eigenvalue weighted by Crippen LogP contribution is -2.39. The van der Waals surface area contributed by atoms with E-state index >= 15 is 0 Å². The number of thioether (sulfide) groups is 3. The molecule has 0 spiro atoms. The van der Waals surface area contributed by atoms with Crippen LogP contribution in [0.5, 0.6) is 23.0 Å². The molecule has 19 nitrogen and oxygen atoms in total. The maximum atomic E-state index is 10.1. The Hall–Kier alpha value is -7.01. The number of methoxy groups -OCH3 is 4. The van der Waals surface area contributed by atoms with Crippen LogP contribution in [0.2, 0.25) is 0 Å². The Balaban J connectivity index is 0.000000155. The van der Waals surface area contributed by atoms with Crippen LogP contribution in [0.25, 0.3) is 0 Å². The van der Waals surface area contributed by atoms with Crippen LogP contribution < -0.4 is 33.6 Å². The zero-order valence-corrected chi connectivity index (χ0v) is 59.1. The van der Waals surface area contributed by atoms with Crippen molar-refractivity contribution >= 4 is 52.7 Å². The van der Waals surface area contributed by atoms with E-state index in [1.54, 1.807) is 63.7 Å². The minimum Gasteiger partial charge on any atom is -0.497 e. The second-order valence-corrected chi connectivity index (χ2v) is 28.9. The molecule has 0 N–H and O–H groups in total. The highest BCUT2D eigenvalue weighted by Gasteiger charge is 2.37. The lowest BCUT2D eigenvalue weighted by Gasteiger charge is -2.37. The predicted molar refractivity (Wildman–Crippen MR) is 372 cm³/mol. The molecule has 0 saturated carbocycles. The molecule has 0 radical (unpaired) electrons. The summed E-state index contributed by atoms with van der Waals surface area (Å²) in [5.74, 6) is 8.54. The van der Waals surface area contributed by atoms with E-state index in [1.807, 2.05) is 48.5 Å². The first kappa shape index (κ1) is 70.8. The van der Waals surface area contributed by atoms with Crippen LogP contribution in [-0.2, 0) is 86.8 Å². The molecule has 0 bridgehead atoms. The topological polar surface area (TPSA) is 212 Å². The molecular weight excluding hydrogens is 1260 g/mol. The number of aromatic nitrogens is 3. The number of anilines is 3.